The fourth-order valence-electron chi connectivity index (χ4n) is 3.18. The lowest BCUT2D eigenvalue weighted by atomic mass is 10.0. The average Bonchev–Trinajstić information content (AvgIpc) is 2.88. The van der Waals surface area contributed by atoms with Crippen LogP contribution in [0.1, 0.15) is 36.5 Å². The monoisotopic (exact) mass is 271 g/mol. The van der Waals surface area contributed by atoms with E-state index in [0.717, 1.165) is 25.2 Å². The Kier molecular flexibility index (Phi) is 5.17. The second-order valence-corrected chi connectivity index (χ2v) is 5.87. The van der Waals surface area contributed by atoms with E-state index in [1.54, 1.807) is 0 Å². The van der Waals surface area contributed by atoms with Gasteiger partial charge in [-0.1, -0.05) is 13.0 Å². The molecular weight excluding hydrogens is 246 g/mol. The number of aryl methyl sites for hydroxylation is 1. The van der Waals surface area contributed by atoms with Crippen molar-refractivity contribution in [1.29, 1.82) is 5.26 Å². The molecule has 1 fully saturated rings. The first-order valence-corrected chi connectivity index (χ1v) is 7.56. The Balaban J connectivity index is 1.94. The SMILES string of the molecule is CCN1CCCC1CN(C)Cc1ccc(C#N)cc1C. The summed E-state index contributed by atoms with van der Waals surface area (Å²) in [7, 11) is 2.20. The summed E-state index contributed by atoms with van der Waals surface area (Å²) in [4.78, 5) is 5.00. The molecule has 0 N–H and O–H groups in total. The van der Waals surface area contributed by atoms with Crippen LogP contribution in [0.4, 0.5) is 0 Å². The Labute approximate surface area is 122 Å². The Morgan fingerprint density at radius 2 is 2.25 bits per heavy atom. The second-order valence-electron chi connectivity index (χ2n) is 5.87. The third-order valence-electron chi connectivity index (χ3n) is 4.34. The van der Waals surface area contributed by atoms with Gasteiger partial charge >= 0.3 is 0 Å². The van der Waals surface area contributed by atoms with Crippen LogP contribution < -0.4 is 0 Å². The Bertz CT molecular complexity index is 489. The molecule has 1 atom stereocenters. The van der Waals surface area contributed by atoms with Crippen LogP contribution in [0.3, 0.4) is 0 Å². The first-order chi connectivity index (χ1) is 9.63. The van der Waals surface area contributed by atoms with Crippen LogP contribution in [0.5, 0.6) is 0 Å². The van der Waals surface area contributed by atoms with E-state index in [9.17, 15) is 0 Å². The number of nitriles is 1. The van der Waals surface area contributed by atoms with Crippen molar-refractivity contribution < 1.29 is 0 Å². The fraction of sp³-hybridized carbons (Fsp3) is 0.588. The van der Waals surface area contributed by atoms with Crippen LogP contribution in [0, 0.1) is 18.3 Å². The lowest BCUT2D eigenvalue weighted by Crippen LogP contribution is -2.38. The minimum atomic E-state index is 0.712. The van der Waals surface area contributed by atoms with E-state index in [4.69, 9.17) is 5.26 Å². The minimum absolute atomic E-state index is 0.712. The Hall–Kier alpha value is -1.37. The zero-order valence-electron chi connectivity index (χ0n) is 12.9. The van der Waals surface area contributed by atoms with E-state index in [-0.39, 0.29) is 0 Å². The molecule has 0 aromatic heterocycles. The van der Waals surface area contributed by atoms with Crippen LogP contribution in [-0.2, 0) is 6.54 Å². The van der Waals surface area contributed by atoms with Crippen molar-refractivity contribution in [2.24, 2.45) is 0 Å². The zero-order valence-corrected chi connectivity index (χ0v) is 12.9. The van der Waals surface area contributed by atoms with Crippen LogP contribution in [0.15, 0.2) is 18.2 Å². The van der Waals surface area contributed by atoms with Gasteiger partial charge in [0, 0.05) is 19.1 Å². The van der Waals surface area contributed by atoms with Gasteiger partial charge in [0.05, 0.1) is 11.6 Å². The van der Waals surface area contributed by atoms with Crippen LogP contribution in [-0.4, -0.2) is 42.5 Å². The van der Waals surface area contributed by atoms with Gasteiger partial charge in [0.15, 0.2) is 0 Å². The summed E-state index contributed by atoms with van der Waals surface area (Å²) in [5, 5.41) is 8.91. The van der Waals surface area contributed by atoms with E-state index in [0.29, 0.717) is 6.04 Å². The molecule has 1 aliphatic rings. The number of likely N-dealkylation sites (N-methyl/N-ethyl adjacent to an activating group) is 2. The molecule has 3 heteroatoms. The predicted molar refractivity (Wildman–Crippen MR) is 82.5 cm³/mol. The molecular formula is C17H25N3. The van der Waals surface area contributed by atoms with Crippen LogP contribution in [0.25, 0.3) is 0 Å². The van der Waals surface area contributed by atoms with Gasteiger partial charge in [0.2, 0.25) is 0 Å². The summed E-state index contributed by atoms with van der Waals surface area (Å²) in [6, 6.07) is 8.91. The molecule has 0 spiro atoms. The third kappa shape index (κ3) is 3.59. The normalized spacial score (nSPS) is 19.4. The molecule has 20 heavy (non-hydrogen) atoms. The summed E-state index contributed by atoms with van der Waals surface area (Å²) < 4.78 is 0. The lowest BCUT2D eigenvalue weighted by molar-refractivity contribution is 0.194. The first kappa shape index (κ1) is 15.0. The summed E-state index contributed by atoms with van der Waals surface area (Å²) in [6.07, 6.45) is 2.66. The first-order valence-electron chi connectivity index (χ1n) is 7.56. The van der Waals surface area contributed by atoms with Crippen molar-refractivity contribution in [2.45, 2.75) is 39.3 Å². The largest absolute Gasteiger partial charge is 0.301 e. The van der Waals surface area contributed by atoms with E-state index >= 15 is 0 Å². The standard InChI is InChI=1S/C17H25N3/c1-4-20-9-5-6-17(20)13-19(3)12-16-8-7-15(11-18)10-14(16)2/h7-8,10,17H,4-6,9,12-13H2,1-3H3. The Morgan fingerprint density at radius 1 is 1.45 bits per heavy atom. The van der Waals surface area contributed by atoms with Gasteiger partial charge in [-0.2, -0.15) is 5.26 Å². The number of benzene rings is 1. The highest BCUT2D eigenvalue weighted by Crippen LogP contribution is 2.19. The van der Waals surface area contributed by atoms with Crippen LogP contribution in [0.2, 0.25) is 0 Å². The van der Waals surface area contributed by atoms with Gasteiger partial charge in [-0.3, -0.25) is 4.90 Å². The van der Waals surface area contributed by atoms with Gasteiger partial charge in [0.1, 0.15) is 0 Å². The average molecular weight is 271 g/mol. The van der Waals surface area contributed by atoms with E-state index in [1.165, 1.54) is 30.5 Å². The maximum absolute atomic E-state index is 8.91. The zero-order chi connectivity index (χ0) is 14.5. The van der Waals surface area contributed by atoms with Gasteiger partial charge in [-0.05, 0) is 63.2 Å². The molecule has 1 aromatic rings. The molecule has 0 amide bonds. The van der Waals surface area contributed by atoms with Gasteiger partial charge in [-0.25, -0.2) is 0 Å². The molecule has 108 valence electrons. The Morgan fingerprint density at radius 3 is 2.90 bits per heavy atom. The van der Waals surface area contributed by atoms with Crippen molar-refractivity contribution in [3.05, 3.63) is 34.9 Å². The lowest BCUT2D eigenvalue weighted by Gasteiger charge is -2.28. The number of hydrogen-bond acceptors (Lipinski definition) is 3. The summed E-state index contributed by atoms with van der Waals surface area (Å²) in [5.41, 5.74) is 3.30. The minimum Gasteiger partial charge on any atom is -0.301 e. The highest BCUT2D eigenvalue weighted by atomic mass is 15.2. The molecule has 1 unspecified atom stereocenters. The van der Waals surface area contributed by atoms with E-state index < -0.39 is 0 Å². The number of nitrogens with zero attached hydrogens (tertiary/aromatic N) is 3. The molecule has 1 aromatic carbocycles. The highest BCUT2D eigenvalue weighted by Gasteiger charge is 2.23. The molecule has 0 aliphatic carbocycles. The molecule has 0 radical (unpaired) electrons. The summed E-state index contributed by atoms with van der Waals surface area (Å²) in [5.74, 6) is 0. The van der Waals surface area contributed by atoms with Crippen molar-refractivity contribution >= 4 is 0 Å². The predicted octanol–water partition coefficient (Wildman–Crippen LogP) is 2.78. The molecule has 3 nitrogen and oxygen atoms in total. The fourth-order valence-corrected chi connectivity index (χ4v) is 3.18. The van der Waals surface area contributed by atoms with Gasteiger partial charge < -0.3 is 4.90 Å². The van der Waals surface area contributed by atoms with Gasteiger partial charge in [-0.15, -0.1) is 0 Å². The smallest absolute Gasteiger partial charge is 0.0991 e. The van der Waals surface area contributed by atoms with Crippen molar-refractivity contribution in [2.75, 3.05) is 26.7 Å². The summed E-state index contributed by atoms with van der Waals surface area (Å²) >= 11 is 0. The van der Waals surface area contributed by atoms with Crippen molar-refractivity contribution in [3.63, 3.8) is 0 Å². The van der Waals surface area contributed by atoms with E-state index in [2.05, 4.69) is 42.8 Å². The highest BCUT2D eigenvalue weighted by molar-refractivity contribution is 5.37. The number of likely N-dealkylation sites (tertiary alicyclic amines) is 1. The van der Waals surface area contributed by atoms with Crippen molar-refractivity contribution in [3.8, 4) is 6.07 Å². The van der Waals surface area contributed by atoms with E-state index in [1.807, 2.05) is 12.1 Å². The molecule has 2 rings (SSSR count). The molecule has 1 saturated heterocycles. The van der Waals surface area contributed by atoms with Crippen LogP contribution >= 0.6 is 0 Å². The molecule has 1 aliphatic heterocycles. The summed E-state index contributed by atoms with van der Waals surface area (Å²) in [6.45, 7) is 8.86. The maximum Gasteiger partial charge on any atom is 0.0991 e. The quantitative estimate of drug-likeness (QED) is 0.825. The number of hydrogen-bond donors (Lipinski definition) is 0. The van der Waals surface area contributed by atoms with Gasteiger partial charge in [0.25, 0.3) is 0 Å². The second kappa shape index (κ2) is 6.88. The number of rotatable bonds is 5. The third-order valence-corrected chi connectivity index (χ3v) is 4.34. The molecule has 0 bridgehead atoms. The topological polar surface area (TPSA) is 30.3 Å². The molecule has 1 heterocycles. The molecule has 0 saturated carbocycles. The van der Waals surface area contributed by atoms with Crippen molar-refractivity contribution in [1.82, 2.24) is 9.80 Å². The maximum atomic E-state index is 8.91.